The maximum atomic E-state index is 12.6. The van der Waals surface area contributed by atoms with E-state index in [-0.39, 0.29) is 0 Å². The molecule has 0 heterocycles. The number of sulfonamides is 1. The van der Waals surface area contributed by atoms with Gasteiger partial charge >= 0.3 is 0 Å². The van der Waals surface area contributed by atoms with Crippen LogP contribution in [-0.2, 0) is 10.0 Å². The van der Waals surface area contributed by atoms with E-state index in [9.17, 15) is 8.42 Å². The molecule has 0 aliphatic heterocycles. The Morgan fingerprint density at radius 1 is 1.00 bits per heavy atom. The van der Waals surface area contributed by atoms with Crippen LogP contribution in [-0.4, -0.2) is 8.42 Å². The van der Waals surface area contributed by atoms with Crippen molar-refractivity contribution in [2.24, 2.45) is 0 Å². The highest BCUT2D eigenvalue weighted by Crippen LogP contribution is 2.24. The molecule has 0 saturated carbocycles. The van der Waals surface area contributed by atoms with Crippen molar-refractivity contribution < 1.29 is 8.42 Å². The molecule has 0 aromatic heterocycles. The van der Waals surface area contributed by atoms with E-state index >= 15 is 0 Å². The minimum absolute atomic E-state index is 0.363. The lowest BCUT2D eigenvalue weighted by Gasteiger charge is -2.14. The first kappa shape index (κ1) is 15.3. The molecule has 3 nitrogen and oxygen atoms in total. The van der Waals surface area contributed by atoms with E-state index in [0.29, 0.717) is 10.6 Å². The van der Waals surface area contributed by atoms with Crippen molar-refractivity contribution >= 4 is 38.3 Å². The molecule has 0 aliphatic carbocycles. The number of hydrogen-bond donors (Lipinski definition) is 1. The zero-order chi connectivity index (χ0) is 14.9. The Morgan fingerprint density at radius 2 is 1.60 bits per heavy atom. The molecule has 2 rings (SSSR count). The summed E-state index contributed by atoms with van der Waals surface area (Å²) in [7, 11) is -3.56. The highest BCUT2D eigenvalue weighted by atomic mass is 127. The highest BCUT2D eigenvalue weighted by Gasteiger charge is 2.19. The molecule has 0 radical (unpaired) electrons. The lowest BCUT2D eigenvalue weighted by atomic mass is 10.1. The predicted molar refractivity (Wildman–Crippen MR) is 90.6 cm³/mol. The quantitative estimate of drug-likeness (QED) is 0.790. The van der Waals surface area contributed by atoms with Gasteiger partial charge in [0.25, 0.3) is 10.0 Å². The topological polar surface area (TPSA) is 46.2 Å². The van der Waals surface area contributed by atoms with Gasteiger partial charge in [0.05, 0.1) is 4.90 Å². The minimum atomic E-state index is -3.56. The summed E-state index contributed by atoms with van der Waals surface area (Å²) in [4.78, 5) is 0.363. The second-order valence-corrected chi connectivity index (χ2v) is 7.71. The van der Waals surface area contributed by atoms with Gasteiger partial charge in [0, 0.05) is 9.26 Å². The van der Waals surface area contributed by atoms with Crippen molar-refractivity contribution in [3.8, 4) is 0 Å². The van der Waals surface area contributed by atoms with Crippen molar-refractivity contribution in [1.29, 1.82) is 0 Å². The van der Waals surface area contributed by atoms with Gasteiger partial charge in [-0.3, -0.25) is 4.72 Å². The fourth-order valence-electron chi connectivity index (χ4n) is 2.35. The summed E-state index contributed by atoms with van der Waals surface area (Å²) >= 11 is 2.15. The summed E-state index contributed by atoms with van der Waals surface area (Å²) in [5.41, 5.74) is 3.17. The van der Waals surface area contributed by atoms with Crippen LogP contribution in [0.3, 0.4) is 0 Å². The third-order valence-electron chi connectivity index (χ3n) is 2.95. The molecule has 1 N–H and O–H groups in total. The van der Waals surface area contributed by atoms with Crippen LogP contribution in [0.15, 0.2) is 41.3 Å². The van der Waals surface area contributed by atoms with Crippen LogP contribution in [0.4, 0.5) is 5.69 Å². The van der Waals surface area contributed by atoms with E-state index in [1.807, 2.05) is 45.0 Å². The van der Waals surface area contributed by atoms with Gasteiger partial charge in [0.1, 0.15) is 0 Å². The van der Waals surface area contributed by atoms with Crippen molar-refractivity contribution in [1.82, 2.24) is 0 Å². The minimum Gasteiger partial charge on any atom is -0.280 e. The molecule has 2 aromatic carbocycles. The van der Waals surface area contributed by atoms with E-state index in [1.165, 1.54) is 0 Å². The van der Waals surface area contributed by atoms with Crippen LogP contribution in [0.2, 0.25) is 0 Å². The fraction of sp³-hybridized carbons (Fsp3) is 0.200. The van der Waals surface area contributed by atoms with Gasteiger partial charge < -0.3 is 0 Å². The molecule has 0 atom stereocenters. The zero-order valence-corrected chi connectivity index (χ0v) is 14.5. The first-order valence-electron chi connectivity index (χ1n) is 6.16. The molecular formula is C15H16INO2S. The van der Waals surface area contributed by atoms with Gasteiger partial charge in [-0.25, -0.2) is 8.42 Å². The van der Waals surface area contributed by atoms with Gasteiger partial charge in [0.15, 0.2) is 0 Å². The smallest absolute Gasteiger partial charge is 0.262 e. The molecule has 0 aliphatic rings. The average Bonchev–Trinajstić information content (AvgIpc) is 2.25. The van der Waals surface area contributed by atoms with Gasteiger partial charge in [0.2, 0.25) is 0 Å². The van der Waals surface area contributed by atoms with Gasteiger partial charge in [-0.05, 0) is 72.7 Å². The lowest BCUT2D eigenvalue weighted by Crippen LogP contribution is -2.16. The first-order valence-corrected chi connectivity index (χ1v) is 8.72. The van der Waals surface area contributed by atoms with Crippen molar-refractivity contribution in [2.75, 3.05) is 4.72 Å². The molecule has 2 aromatic rings. The lowest BCUT2D eigenvalue weighted by molar-refractivity contribution is 0.600. The molecule has 0 bridgehead atoms. The van der Waals surface area contributed by atoms with Crippen molar-refractivity contribution in [3.63, 3.8) is 0 Å². The molecule has 0 amide bonds. The predicted octanol–water partition coefficient (Wildman–Crippen LogP) is 4.02. The zero-order valence-electron chi connectivity index (χ0n) is 11.6. The number of nitrogens with one attached hydrogen (secondary N) is 1. The van der Waals surface area contributed by atoms with E-state index in [0.717, 1.165) is 20.3 Å². The van der Waals surface area contributed by atoms with Gasteiger partial charge in [-0.1, -0.05) is 23.8 Å². The maximum Gasteiger partial charge on any atom is 0.262 e. The largest absolute Gasteiger partial charge is 0.280 e. The monoisotopic (exact) mass is 401 g/mol. The SMILES string of the molecule is Cc1cc(C)c(S(=O)(=O)Nc2cccc(I)c2)c(C)c1. The Morgan fingerprint density at radius 3 is 2.15 bits per heavy atom. The number of halogens is 1. The van der Waals surface area contributed by atoms with E-state index in [4.69, 9.17) is 0 Å². The first-order chi connectivity index (χ1) is 9.29. The van der Waals surface area contributed by atoms with Crippen molar-refractivity contribution in [3.05, 3.63) is 56.7 Å². The van der Waals surface area contributed by atoms with Gasteiger partial charge in [-0.15, -0.1) is 0 Å². The summed E-state index contributed by atoms with van der Waals surface area (Å²) in [5.74, 6) is 0. The summed E-state index contributed by atoms with van der Waals surface area (Å²) < 4.78 is 28.7. The fourth-order valence-corrected chi connectivity index (χ4v) is 4.40. The Hall–Kier alpha value is -1.08. The Kier molecular flexibility index (Phi) is 4.39. The molecular weight excluding hydrogens is 385 g/mol. The van der Waals surface area contributed by atoms with Crippen LogP contribution in [0, 0.1) is 24.3 Å². The van der Waals surface area contributed by atoms with Crippen LogP contribution in [0.5, 0.6) is 0 Å². The van der Waals surface area contributed by atoms with Crippen LogP contribution in [0.1, 0.15) is 16.7 Å². The number of rotatable bonds is 3. The average molecular weight is 401 g/mol. The second kappa shape index (κ2) is 5.73. The molecule has 0 unspecified atom stereocenters. The summed E-state index contributed by atoms with van der Waals surface area (Å²) in [6.45, 7) is 5.61. The summed E-state index contributed by atoms with van der Waals surface area (Å²) in [6, 6.07) is 11.1. The maximum absolute atomic E-state index is 12.6. The van der Waals surface area contributed by atoms with Crippen molar-refractivity contribution in [2.45, 2.75) is 25.7 Å². The number of anilines is 1. The second-order valence-electron chi connectivity index (χ2n) is 4.84. The standard InChI is InChI=1S/C15H16INO2S/c1-10-7-11(2)15(12(3)8-10)20(18,19)17-14-6-4-5-13(16)9-14/h4-9,17H,1-3H3. The van der Waals surface area contributed by atoms with Gasteiger partial charge in [-0.2, -0.15) is 0 Å². The number of hydrogen-bond acceptors (Lipinski definition) is 2. The number of aryl methyl sites for hydroxylation is 3. The van der Waals surface area contributed by atoms with Crippen LogP contribution >= 0.6 is 22.6 Å². The Labute approximate surface area is 133 Å². The molecule has 0 saturated heterocycles. The molecule has 106 valence electrons. The van der Waals surface area contributed by atoms with E-state index < -0.39 is 10.0 Å². The third-order valence-corrected chi connectivity index (χ3v) is 5.31. The Balaban J connectivity index is 2.46. The Bertz CT molecular complexity index is 731. The van der Waals surface area contributed by atoms with E-state index in [2.05, 4.69) is 27.3 Å². The molecule has 0 spiro atoms. The van der Waals surface area contributed by atoms with Crippen LogP contribution < -0.4 is 4.72 Å². The molecule has 5 heteroatoms. The third kappa shape index (κ3) is 3.32. The normalized spacial score (nSPS) is 11.4. The van der Waals surface area contributed by atoms with E-state index in [1.54, 1.807) is 12.1 Å². The van der Waals surface area contributed by atoms with Crippen LogP contribution in [0.25, 0.3) is 0 Å². The molecule has 0 fully saturated rings. The highest BCUT2D eigenvalue weighted by molar-refractivity contribution is 14.1. The molecule has 20 heavy (non-hydrogen) atoms. The number of benzene rings is 2. The summed E-state index contributed by atoms with van der Waals surface area (Å²) in [5, 5.41) is 0. The summed E-state index contributed by atoms with van der Waals surface area (Å²) in [6.07, 6.45) is 0.